The third kappa shape index (κ3) is 3.83. The van der Waals surface area contributed by atoms with Crippen molar-refractivity contribution in [1.82, 2.24) is 4.90 Å². The normalized spacial score (nSPS) is 12.0. The lowest BCUT2D eigenvalue weighted by molar-refractivity contribution is -0.120. The number of carbonyl (C=O) groups excluding carboxylic acids is 1. The lowest BCUT2D eigenvalue weighted by Gasteiger charge is -2.23. The second kappa shape index (κ2) is 6.90. The van der Waals surface area contributed by atoms with Crippen LogP contribution < -0.4 is 10.1 Å². The van der Waals surface area contributed by atoms with E-state index in [4.69, 9.17) is 4.74 Å². The van der Waals surface area contributed by atoms with Crippen LogP contribution in [0.3, 0.4) is 0 Å². The van der Waals surface area contributed by atoms with Crippen LogP contribution in [0.15, 0.2) is 54.6 Å². The van der Waals surface area contributed by atoms with Gasteiger partial charge in [0.15, 0.2) is 0 Å². The summed E-state index contributed by atoms with van der Waals surface area (Å²) in [5, 5.41) is 2.94. The van der Waals surface area contributed by atoms with Gasteiger partial charge in [-0.2, -0.15) is 0 Å². The van der Waals surface area contributed by atoms with Gasteiger partial charge in [-0.1, -0.05) is 36.4 Å². The van der Waals surface area contributed by atoms with Crippen molar-refractivity contribution < 1.29 is 9.53 Å². The highest BCUT2D eigenvalue weighted by Crippen LogP contribution is 2.22. The maximum atomic E-state index is 12.6. The highest BCUT2D eigenvalue weighted by Gasteiger charge is 2.22. The number of hydrogen-bond donors (Lipinski definition) is 1. The highest BCUT2D eigenvalue weighted by atomic mass is 16.5. The number of benzene rings is 2. The Morgan fingerprint density at radius 1 is 1.10 bits per heavy atom. The summed E-state index contributed by atoms with van der Waals surface area (Å²) >= 11 is 0. The highest BCUT2D eigenvalue weighted by molar-refractivity contribution is 5.95. The van der Waals surface area contributed by atoms with E-state index in [2.05, 4.69) is 5.32 Å². The fraction of sp³-hybridized carbons (Fsp3) is 0.235. The van der Waals surface area contributed by atoms with Crippen LogP contribution in [-0.2, 0) is 4.79 Å². The van der Waals surface area contributed by atoms with Gasteiger partial charge in [-0.25, -0.2) is 0 Å². The first-order valence-electron chi connectivity index (χ1n) is 6.78. The molecule has 0 saturated heterocycles. The van der Waals surface area contributed by atoms with E-state index in [-0.39, 0.29) is 11.9 Å². The minimum absolute atomic E-state index is 0.0700. The molecular weight excluding hydrogens is 264 g/mol. The number of methoxy groups -OCH3 is 1. The maximum absolute atomic E-state index is 12.6. The SMILES string of the molecule is COc1cccc(NC(=O)C(c2ccccc2)N(C)C)c1. The van der Waals surface area contributed by atoms with Gasteiger partial charge in [0.2, 0.25) is 5.91 Å². The van der Waals surface area contributed by atoms with Gasteiger partial charge in [0.1, 0.15) is 11.8 Å². The predicted octanol–water partition coefficient (Wildman–Crippen LogP) is 2.94. The number of hydrogen-bond acceptors (Lipinski definition) is 3. The minimum Gasteiger partial charge on any atom is -0.497 e. The molecule has 2 aromatic rings. The Bertz CT molecular complexity index is 597. The predicted molar refractivity (Wildman–Crippen MR) is 84.5 cm³/mol. The number of rotatable bonds is 5. The summed E-state index contributed by atoms with van der Waals surface area (Å²) in [6.07, 6.45) is 0. The van der Waals surface area contributed by atoms with Gasteiger partial charge in [-0.15, -0.1) is 0 Å². The van der Waals surface area contributed by atoms with Crippen molar-refractivity contribution in [1.29, 1.82) is 0 Å². The fourth-order valence-electron chi connectivity index (χ4n) is 2.23. The molecule has 4 nitrogen and oxygen atoms in total. The second-order valence-corrected chi connectivity index (χ2v) is 5.00. The van der Waals surface area contributed by atoms with Crippen LogP contribution in [0.5, 0.6) is 5.75 Å². The molecule has 0 heterocycles. The van der Waals surface area contributed by atoms with E-state index in [0.717, 1.165) is 11.3 Å². The molecule has 2 rings (SSSR count). The summed E-state index contributed by atoms with van der Waals surface area (Å²) in [5.41, 5.74) is 1.69. The van der Waals surface area contributed by atoms with E-state index in [1.807, 2.05) is 67.5 Å². The number of carbonyl (C=O) groups is 1. The van der Waals surface area contributed by atoms with E-state index in [1.54, 1.807) is 13.2 Å². The third-order valence-corrected chi connectivity index (χ3v) is 3.22. The van der Waals surface area contributed by atoms with Crippen LogP contribution in [-0.4, -0.2) is 32.0 Å². The number of nitrogens with one attached hydrogen (secondary N) is 1. The van der Waals surface area contributed by atoms with E-state index in [9.17, 15) is 4.79 Å². The van der Waals surface area contributed by atoms with Crippen molar-refractivity contribution in [2.24, 2.45) is 0 Å². The van der Waals surface area contributed by atoms with Crippen LogP contribution in [0.25, 0.3) is 0 Å². The molecule has 2 aromatic carbocycles. The first kappa shape index (κ1) is 15.1. The quantitative estimate of drug-likeness (QED) is 0.918. The first-order valence-corrected chi connectivity index (χ1v) is 6.78. The molecule has 0 aliphatic rings. The molecule has 0 bridgehead atoms. The minimum atomic E-state index is -0.336. The number of anilines is 1. The molecule has 1 atom stereocenters. The molecule has 1 N–H and O–H groups in total. The summed E-state index contributed by atoms with van der Waals surface area (Å²) in [6.45, 7) is 0. The zero-order chi connectivity index (χ0) is 15.2. The van der Waals surface area contributed by atoms with Gasteiger partial charge in [0.25, 0.3) is 0 Å². The monoisotopic (exact) mass is 284 g/mol. The van der Waals surface area contributed by atoms with Gasteiger partial charge in [-0.05, 0) is 31.8 Å². The Kier molecular flexibility index (Phi) is 4.95. The Labute approximate surface area is 125 Å². The van der Waals surface area contributed by atoms with E-state index in [0.29, 0.717) is 5.75 Å². The summed E-state index contributed by atoms with van der Waals surface area (Å²) in [5.74, 6) is 0.647. The van der Waals surface area contributed by atoms with Crippen molar-refractivity contribution in [2.75, 3.05) is 26.5 Å². The average Bonchev–Trinajstić information content (AvgIpc) is 2.48. The van der Waals surface area contributed by atoms with Gasteiger partial charge in [-0.3, -0.25) is 9.69 Å². The Morgan fingerprint density at radius 2 is 1.81 bits per heavy atom. The molecular formula is C17H20N2O2. The average molecular weight is 284 g/mol. The fourth-order valence-corrected chi connectivity index (χ4v) is 2.23. The van der Waals surface area contributed by atoms with Crippen molar-refractivity contribution in [3.63, 3.8) is 0 Å². The molecule has 0 aliphatic carbocycles. The van der Waals surface area contributed by atoms with Crippen molar-refractivity contribution >= 4 is 11.6 Å². The molecule has 1 amide bonds. The van der Waals surface area contributed by atoms with Crippen molar-refractivity contribution in [3.05, 3.63) is 60.2 Å². The standard InChI is InChI=1S/C17H20N2O2/c1-19(2)16(13-8-5-4-6-9-13)17(20)18-14-10-7-11-15(12-14)21-3/h4-12,16H,1-3H3,(H,18,20). The largest absolute Gasteiger partial charge is 0.497 e. The Morgan fingerprint density at radius 3 is 2.43 bits per heavy atom. The summed E-state index contributed by atoms with van der Waals surface area (Å²) in [6, 6.07) is 16.7. The van der Waals surface area contributed by atoms with Crippen LogP contribution in [0.4, 0.5) is 5.69 Å². The summed E-state index contributed by atoms with van der Waals surface area (Å²) < 4.78 is 5.17. The molecule has 0 fully saturated rings. The molecule has 110 valence electrons. The number of nitrogens with zero attached hydrogens (tertiary/aromatic N) is 1. The lowest BCUT2D eigenvalue weighted by atomic mass is 10.1. The van der Waals surface area contributed by atoms with Crippen LogP contribution in [0, 0.1) is 0 Å². The Balaban J connectivity index is 2.19. The van der Waals surface area contributed by atoms with E-state index >= 15 is 0 Å². The first-order chi connectivity index (χ1) is 10.1. The number of amides is 1. The Hall–Kier alpha value is -2.33. The van der Waals surface area contributed by atoms with Crippen LogP contribution >= 0.6 is 0 Å². The van der Waals surface area contributed by atoms with Crippen molar-refractivity contribution in [2.45, 2.75) is 6.04 Å². The van der Waals surface area contributed by atoms with E-state index in [1.165, 1.54) is 0 Å². The number of likely N-dealkylation sites (N-methyl/N-ethyl adjacent to an activating group) is 1. The molecule has 0 radical (unpaired) electrons. The number of ether oxygens (including phenoxy) is 1. The zero-order valence-electron chi connectivity index (χ0n) is 12.5. The molecule has 0 aliphatic heterocycles. The molecule has 0 spiro atoms. The molecule has 4 heteroatoms. The summed E-state index contributed by atoms with van der Waals surface area (Å²) in [7, 11) is 5.39. The van der Waals surface area contributed by atoms with Crippen LogP contribution in [0.1, 0.15) is 11.6 Å². The molecule has 1 unspecified atom stereocenters. The second-order valence-electron chi connectivity index (χ2n) is 5.00. The zero-order valence-corrected chi connectivity index (χ0v) is 12.5. The van der Waals surface area contributed by atoms with Gasteiger partial charge in [0.05, 0.1) is 7.11 Å². The van der Waals surface area contributed by atoms with Crippen molar-refractivity contribution in [3.8, 4) is 5.75 Å². The molecule has 0 aromatic heterocycles. The third-order valence-electron chi connectivity index (χ3n) is 3.22. The van der Waals surface area contributed by atoms with E-state index < -0.39 is 0 Å². The smallest absolute Gasteiger partial charge is 0.246 e. The van der Waals surface area contributed by atoms with Gasteiger partial charge in [0, 0.05) is 11.8 Å². The summed E-state index contributed by atoms with van der Waals surface area (Å²) in [4.78, 5) is 14.5. The van der Waals surface area contributed by atoms with Crippen LogP contribution in [0.2, 0.25) is 0 Å². The topological polar surface area (TPSA) is 41.6 Å². The van der Waals surface area contributed by atoms with Gasteiger partial charge >= 0.3 is 0 Å². The molecule has 21 heavy (non-hydrogen) atoms. The van der Waals surface area contributed by atoms with Gasteiger partial charge < -0.3 is 10.1 Å². The molecule has 0 saturated carbocycles. The lowest BCUT2D eigenvalue weighted by Crippen LogP contribution is -2.32. The maximum Gasteiger partial charge on any atom is 0.246 e.